The van der Waals surface area contributed by atoms with Crippen LogP contribution < -0.4 is 15.5 Å². The number of benzene rings is 1. The molecule has 0 heterocycles. The lowest BCUT2D eigenvalue weighted by atomic mass is 10.1. The molecule has 2 amide bonds. The van der Waals surface area contributed by atoms with E-state index in [2.05, 4.69) is 10.6 Å². The Labute approximate surface area is 137 Å². The van der Waals surface area contributed by atoms with E-state index in [-0.39, 0.29) is 18.4 Å². The Balaban J connectivity index is 2.21. The first-order chi connectivity index (χ1) is 10.5. The summed E-state index contributed by atoms with van der Waals surface area (Å²) in [5.74, 6) is -0.0751. The molecule has 0 bridgehead atoms. The maximum absolute atomic E-state index is 11.8. The molecule has 0 fully saturated rings. The van der Waals surface area contributed by atoms with E-state index in [1.165, 1.54) is 0 Å². The SMILES string of the molecule is CCCNC(=O)C[NH+](C)CC(=O)NCCc1cccc(Cl)c1. The molecular formula is C16H25ClN3O2+. The largest absolute Gasteiger partial charge is 0.351 e. The lowest BCUT2D eigenvalue weighted by Gasteiger charge is -2.13. The molecule has 0 aliphatic carbocycles. The Morgan fingerprint density at radius 2 is 1.77 bits per heavy atom. The van der Waals surface area contributed by atoms with E-state index in [9.17, 15) is 9.59 Å². The molecule has 0 saturated carbocycles. The zero-order valence-electron chi connectivity index (χ0n) is 13.2. The Morgan fingerprint density at radius 3 is 2.36 bits per heavy atom. The third kappa shape index (κ3) is 8.00. The third-order valence-corrected chi connectivity index (χ3v) is 3.36. The van der Waals surface area contributed by atoms with E-state index in [1.54, 1.807) is 0 Å². The van der Waals surface area contributed by atoms with Crippen molar-refractivity contribution in [1.82, 2.24) is 10.6 Å². The van der Waals surface area contributed by atoms with Gasteiger partial charge in [-0.05, 0) is 30.5 Å². The molecule has 1 aromatic carbocycles. The summed E-state index contributed by atoms with van der Waals surface area (Å²) >= 11 is 5.91. The topological polar surface area (TPSA) is 62.6 Å². The van der Waals surface area contributed by atoms with Gasteiger partial charge in [-0.3, -0.25) is 9.59 Å². The van der Waals surface area contributed by atoms with E-state index in [1.807, 2.05) is 38.2 Å². The van der Waals surface area contributed by atoms with Crippen molar-refractivity contribution in [1.29, 1.82) is 0 Å². The average molecular weight is 327 g/mol. The molecule has 1 atom stereocenters. The Bertz CT molecular complexity index is 494. The Morgan fingerprint density at radius 1 is 1.14 bits per heavy atom. The zero-order valence-corrected chi connectivity index (χ0v) is 14.0. The molecule has 122 valence electrons. The second-order valence-corrected chi connectivity index (χ2v) is 5.83. The fourth-order valence-electron chi connectivity index (χ4n) is 2.04. The summed E-state index contributed by atoms with van der Waals surface area (Å²) in [6.45, 7) is 3.84. The van der Waals surface area contributed by atoms with Gasteiger partial charge in [-0.15, -0.1) is 0 Å². The van der Waals surface area contributed by atoms with Gasteiger partial charge >= 0.3 is 0 Å². The number of quaternary nitrogens is 1. The fraction of sp³-hybridized carbons (Fsp3) is 0.500. The highest BCUT2D eigenvalue weighted by Gasteiger charge is 2.13. The van der Waals surface area contributed by atoms with Crippen LogP contribution in [0.25, 0.3) is 0 Å². The van der Waals surface area contributed by atoms with Crippen LogP contribution in [0.3, 0.4) is 0 Å². The maximum atomic E-state index is 11.8. The summed E-state index contributed by atoms with van der Waals surface area (Å²) in [4.78, 5) is 24.2. The molecular weight excluding hydrogens is 302 g/mol. The van der Waals surface area contributed by atoms with E-state index in [0.29, 0.717) is 24.7 Å². The summed E-state index contributed by atoms with van der Waals surface area (Å²) in [5, 5.41) is 6.37. The minimum atomic E-state index is -0.0529. The number of rotatable bonds is 9. The number of halogens is 1. The Hall–Kier alpha value is -1.59. The Kier molecular flexibility index (Phi) is 8.55. The van der Waals surface area contributed by atoms with Crippen molar-refractivity contribution >= 4 is 23.4 Å². The van der Waals surface area contributed by atoms with E-state index in [4.69, 9.17) is 11.6 Å². The summed E-state index contributed by atoms with van der Waals surface area (Å²) in [6, 6.07) is 7.59. The van der Waals surface area contributed by atoms with Gasteiger partial charge in [-0.2, -0.15) is 0 Å². The van der Waals surface area contributed by atoms with Crippen LogP contribution >= 0.6 is 11.6 Å². The molecule has 0 spiro atoms. The van der Waals surface area contributed by atoms with Crippen molar-refractivity contribution in [2.45, 2.75) is 19.8 Å². The van der Waals surface area contributed by atoms with Gasteiger partial charge in [-0.1, -0.05) is 30.7 Å². The minimum Gasteiger partial charge on any atom is -0.351 e. The van der Waals surface area contributed by atoms with Crippen LogP contribution in [0.1, 0.15) is 18.9 Å². The highest BCUT2D eigenvalue weighted by molar-refractivity contribution is 6.30. The normalized spacial score (nSPS) is 11.8. The van der Waals surface area contributed by atoms with E-state index < -0.39 is 0 Å². The van der Waals surface area contributed by atoms with Crippen molar-refractivity contribution in [3.05, 3.63) is 34.9 Å². The number of likely N-dealkylation sites (N-methyl/N-ethyl adjacent to an activating group) is 1. The quantitative estimate of drug-likeness (QED) is 0.600. The number of hydrogen-bond acceptors (Lipinski definition) is 2. The van der Waals surface area contributed by atoms with Gasteiger partial charge in [0.05, 0.1) is 7.05 Å². The van der Waals surface area contributed by atoms with Crippen LogP contribution in [0.2, 0.25) is 5.02 Å². The first-order valence-corrected chi connectivity index (χ1v) is 7.98. The van der Waals surface area contributed by atoms with Crippen LogP contribution in [-0.4, -0.2) is 45.0 Å². The summed E-state index contributed by atoms with van der Waals surface area (Å²) in [7, 11) is 1.84. The molecule has 3 N–H and O–H groups in total. The molecule has 0 aromatic heterocycles. The molecule has 1 rings (SSSR count). The molecule has 5 nitrogen and oxygen atoms in total. The molecule has 6 heteroatoms. The van der Waals surface area contributed by atoms with Crippen LogP contribution in [0.15, 0.2) is 24.3 Å². The summed E-state index contributed by atoms with van der Waals surface area (Å²) < 4.78 is 0. The van der Waals surface area contributed by atoms with Crippen molar-refractivity contribution in [2.24, 2.45) is 0 Å². The average Bonchev–Trinajstić information content (AvgIpc) is 2.45. The molecule has 22 heavy (non-hydrogen) atoms. The van der Waals surface area contributed by atoms with Gasteiger partial charge in [0, 0.05) is 18.1 Å². The van der Waals surface area contributed by atoms with Gasteiger partial charge < -0.3 is 15.5 Å². The van der Waals surface area contributed by atoms with Gasteiger partial charge in [-0.25, -0.2) is 0 Å². The van der Waals surface area contributed by atoms with Gasteiger partial charge in [0.25, 0.3) is 11.8 Å². The monoisotopic (exact) mass is 326 g/mol. The van der Waals surface area contributed by atoms with Crippen LogP contribution in [0, 0.1) is 0 Å². The maximum Gasteiger partial charge on any atom is 0.275 e. The number of carbonyl (C=O) groups excluding carboxylic acids is 2. The standard InChI is InChI=1S/C16H24ClN3O2/c1-3-8-18-15(21)11-20(2)12-16(22)19-9-7-13-5-4-6-14(17)10-13/h4-6,10H,3,7-9,11-12H2,1-2H3,(H,18,21)(H,19,22)/p+1. The molecule has 0 saturated heterocycles. The number of hydrogen-bond donors (Lipinski definition) is 3. The van der Waals surface area contributed by atoms with Gasteiger partial charge in [0.15, 0.2) is 13.1 Å². The fourth-order valence-corrected chi connectivity index (χ4v) is 2.25. The molecule has 0 radical (unpaired) electrons. The third-order valence-electron chi connectivity index (χ3n) is 3.12. The second-order valence-electron chi connectivity index (χ2n) is 5.39. The number of amides is 2. The predicted molar refractivity (Wildman–Crippen MR) is 88.1 cm³/mol. The van der Waals surface area contributed by atoms with Crippen molar-refractivity contribution in [3.63, 3.8) is 0 Å². The van der Waals surface area contributed by atoms with Crippen molar-refractivity contribution < 1.29 is 14.5 Å². The highest BCUT2D eigenvalue weighted by atomic mass is 35.5. The van der Waals surface area contributed by atoms with Crippen LogP contribution in [-0.2, 0) is 16.0 Å². The van der Waals surface area contributed by atoms with E-state index >= 15 is 0 Å². The van der Waals surface area contributed by atoms with Crippen molar-refractivity contribution in [2.75, 3.05) is 33.2 Å². The highest BCUT2D eigenvalue weighted by Crippen LogP contribution is 2.10. The number of nitrogens with one attached hydrogen (secondary N) is 3. The molecule has 1 aromatic rings. The molecule has 0 aliphatic rings. The molecule has 0 aliphatic heterocycles. The first-order valence-electron chi connectivity index (χ1n) is 7.60. The first kappa shape index (κ1) is 18.5. The summed E-state index contributed by atoms with van der Waals surface area (Å²) in [5.41, 5.74) is 1.09. The lowest BCUT2D eigenvalue weighted by Crippen LogP contribution is -3.11. The smallest absolute Gasteiger partial charge is 0.275 e. The zero-order chi connectivity index (χ0) is 16.4. The molecule has 1 unspecified atom stereocenters. The van der Waals surface area contributed by atoms with Gasteiger partial charge in [0.2, 0.25) is 0 Å². The predicted octanol–water partition coefficient (Wildman–Crippen LogP) is 0.0396. The second kappa shape index (κ2) is 10.2. The van der Waals surface area contributed by atoms with Crippen LogP contribution in [0.4, 0.5) is 0 Å². The van der Waals surface area contributed by atoms with Crippen molar-refractivity contribution in [3.8, 4) is 0 Å². The lowest BCUT2D eigenvalue weighted by molar-refractivity contribution is -0.862. The number of carbonyl (C=O) groups is 2. The van der Waals surface area contributed by atoms with Crippen LogP contribution in [0.5, 0.6) is 0 Å². The minimum absolute atomic E-state index is 0.0222. The van der Waals surface area contributed by atoms with Gasteiger partial charge in [0.1, 0.15) is 0 Å². The van der Waals surface area contributed by atoms with E-state index in [0.717, 1.165) is 23.3 Å². The summed E-state index contributed by atoms with van der Waals surface area (Å²) in [6.07, 6.45) is 1.65.